The fourth-order valence-electron chi connectivity index (χ4n) is 5.57. The van der Waals surface area contributed by atoms with Crippen molar-refractivity contribution in [1.29, 1.82) is 0 Å². The molecular weight excluding hydrogens is 894 g/mol. The molecule has 26 heteroatoms. The second-order valence-corrected chi connectivity index (χ2v) is 16.1. The Labute approximate surface area is 413 Å². The molecule has 0 spiro atoms. The number of carbonyl (C=O) groups excluding carboxylic acids is 1. The van der Waals surface area contributed by atoms with Crippen molar-refractivity contribution in [2.45, 2.75) is 14.7 Å². The summed E-state index contributed by atoms with van der Waals surface area (Å²) >= 11 is 0. The van der Waals surface area contributed by atoms with E-state index in [1.54, 1.807) is 18.2 Å². The molecule has 0 aliphatic heterocycles. The topological polar surface area (TPSA) is 313 Å². The number of ether oxygens (including phenoxy) is 2. The third kappa shape index (κ3) is 11.8. The molecule has 6 aromatic rings. The Morgan fingerprint density at radius 1 is 0.541 bits per heavy atom. The number of urea groups is 1. The van der Waals surface area contributed by atoms with Crippen molar-refractivity contribution in [3.63, 3.8) is 0 Å². The molecule has 0 atom stereocenters. The van der Waals surface area contributed by atoms with Crippen LogP contribution in [0.25, 0.3) is 21.5 Å². The molecule has 0 aliphatic rings. The molecule has 0 heterocycles. The molecule has 7 N–H and O–H groups in total. The predicted molar refractivity (Wildman–Crippen MR) is 225 cm³/mol. The van der Waals surface area contributed by atoms with Gasteiger partial charge in [0.1, 0.15) is 44.0 Å². The van der Waals surface area contributed by atoms with Gasteiger partial charge in [-0.2, -0.15) is 25.3 Å². The van der Waals surface area contributed by atoms with Crippen LogP contribution in [0.1, 0.15) is 0 Å². The van der Waals surface area contributed by atoms with Crippen LogP contribution in [0.5, 0.6) is 23.0 Å². The first-order chi connectivity index (χ1) is 27.3. The van der Waals surface area contributed by atoms with Gasteiger partial charge in [-0.1, -0.05) is 12.1 Å². The monoisotopic (exact) mass is 921 g/mol. The van der Waals surface area contributed by atoms with E-state index in [0.29, 0.717) is 5.75 Å². The summed E-state index contributed by atoms with van der Waals surface area (Å²) in [7, 11) is -12.1. The summed E-state index contributed by atoms with van der Waals surface area (Å²) in [6.07, 6.45) is 0. The average Bonchev–Trinajstić information content (AvgIpc) is 3.15. The number of hydrogen-bond donors (Lipinski definition) is 7. The number of azo groups is 2. The van der Waals surface area contributed by atoms with Crippen LogP contribution in [-0.2, 0) is 30.4 Å². The molecule has 0 aromatic heterocycles. The number of nitrogens with one attached hydrogen (secondary N) is 2. The van der Waals surface area contributed by atoms with E-state index in [1.807, 2.05) is 0 Å². The summed E-state index contributed by atoms with van der Waals surface area (Å²) in [5, 5.41) is 42.6. The van der Waals surface area contributed by atoms with Gasteiger partial charge in [-0.15, -0.1) is 20.5 Å². The van der Waals surface area contributed by atoms with Crippen molar-refractivity contribution < 1.29 is 63.4 Å². The molecule has 3 radical (unpaired) electrons. The molecule has 0 saturated carbocycles. The number of phenolic OH excluding ortho intramolecular Hbond substituents is 2. The smallest absolute Gasteiger partial charge is 0.323 e. The van der Waals surface area contributed by atoms with Gasteiger partial charge in [-0.3, -0.25) is 13.7 Å². The quantitative estimate of drug-likeness (QED) is 0.0415. The van der Waals surface area contributed by atoms with E-state index < -0.39 is 73.9 Å². The standard InChI is InChI=1S/C35H28N6O14S3.3Na/c1-54-27-6-4-3-5-25(27)38-40-31-29(57(48,49)50)15-18-13-20(7-10-23(18)33(31)42)36-35(44)37-21-8-11-24-19(14-21)16-30(58(51,52)53)32(34(24)43)41-39-26-17-22(56(45,46)47)9-12-28(26)55-2;;;/h3-17,42-43H,1-2H3,(H2,36,37,44)(H,45,46,47)(H,48,49,50)(H,51,52,53);;;. The summed E-state index contributed by atoms with van der Waals surface area (Å²) in [5.41, 5.74) is -1.23. The first-order valence-corrected chi connectivity index (χ1v) is 20.3. The number of hydrogen-bond acceptors (Lipinski definition) is 15. The van der Waals surface area contributed by atoms with E-state index in [1.165, 1.54) is 56.7 Å². The minimum atomic E-state index is -5.10. The molecule has 6 rings (SSSR count). The van der Waals surface area contributed by atoms with Crippen molar-refractivity contribution in [3.05, 3.63) is 91.0 Å². The Morgan fingerprint density at radius 3 is 1.43 bits per heavy atom. The van der Waals surface area contributed by atoms with Crippen LogP contribution in [0.4, 0.5) is 38.9 Å². The number of phenols is 2. The first kappa shape index (κ1) is 51.6. The van der Waals surface area contributed by atoms with Crippen LogP contribution >= 0.6 is 0 Å². The molecule has 20 nitrogen and oxygen atoms in total. The maximum Gasteiger partial charge on any atom is 0.323 e. The van der Waals surface area contributed by atoms with E-state index in [9.17, 15) is 53.9 Å². The second-order valence-electron chi connectivity index (χ2n) is 11.9. The van der Waals surface area contributed by atoms with Crippen LogP contribution < -0.4 is 20.1 Å². The SMILES string of the molecule is COc1ccccc1N=Nc1c(S(=O)(=O)O)cc2cc(NC(=O)Nc3ccc4c(O)c(N=Nc5cc(S(=O)(=O)O)ccc5OC)c(S(=O)(=O)O)cc4c3)ccc2c1O.[Na].[Na].[Na]. The van der Waals surface area contributed by atoms with Gasteiger partial charge in [-0.25, -0.2) is 4.79 Å². The molecule has 61 heavy (non-hydrogen) atoms. The van der Waals surface area contributed by atoms with E-state index in [4.69, 9.17) is 9.47 Å². The summed E-state index contributed by atoms with van der Waals surface area (Å²) in [6.45, 7) is 0. The van der Waals surface area contributed by atoms with Crippen LogP contribution in [0, 0.1) is 0 Å². The normalized spacial score (nSPS) is 11.8. The average molecular weight is 922 g/mol. The summed E-state index contributed by atoms with van der Waals surface area (Å²) in [5.74, 6) is -1.15. The first-order valence-electron chi connectivity index (χ1n) is 16.0. The Balaban J connectivity index is 0.00000331. The van der Waals surface area contributed by atoms with Crippen molar-refractivity contribution in [3.8, 4) is 23.0 Å². The number of fused-ring (bicyclic) bond motifs is 2. The van der Waals surface area contributed by atoms with Crippen LogP contribution in [0.15, 0.2) is 126 Å². The molecule has 303 valence electrons. The number of para-hydroxylation sites is 1. The zero-order valence-corrected chi connectivity index (χ0v) is 41.0. The van der Waals surface area contributed by atoms with Gasteiger partial charge in [-0.05, 0) is 89.6 Å². The number of carbonyl (C=O) groups is 1. The molecule has 6 aromatic carbocycles. The third-order valence-corrected chi connectivity index (χ3v) is 10.8. The van der Waals surface area contributed by atoms with Crippen molar-refractivity contribution in [2.75, 3.05) is 24.9 Å². The van der Waals surface area contributed by atoms with Gasteiger partial charge >= 0.3 is 6.03 Å². The number of nitrogens with zero attached hydrogens (tertiary/aromatic N) is 4. The van der Waals surface area contributed by atoms with E-state index in [2.05, 4.69) is 31.1 Å². The zero-order chi connectivity index (χ0) is 42.2. The van der Waals surface area contributed by atoms with Gasteiger partial charge in [0.2, 0.25) is 0 Å². The maximum absolute atomic E-state index is 13.1. The fraction of sp³-hybridized carbons (Fsp3) is 0.0571. The molecule has 0 bridgehead atoms. The molecule has 0 unspecified atom stereocenters. The van der Waals surface area contributed by atoms with Gasteiger partial charge in [0.25, 0.3) is 30.4 Å². The number of anilines is 2. The molecule has 2 amide bonds. The summed E-state index contributed by atoms with van der Waals surface area (Å²) < 4.78 is 112. The number of amides is 2. The Hall–Kier alpha value is -3.76. The summed E-state index contributed by atoms with van der Waals surface area (Å²) in [4.78, 5) is 10.8. The Morgan fingerprint density at radius 2 is 0.984 bits per heavy atom. The summed E-state index contributed by atoms with van der Waals surface area (Å²) in [6, 6.07) is 18.4. The number of aromatic hydroxyl groups is 2. The fourth-order valence-corrected chi connectivity index (χ4v) is 7.38. The van der Waals surface area contributed by atoms with Gasteiger partial charge in [0.15, 0.2) is 11.5 Å². The number of benzene rings is 6. The van der Waals surface area contributed by atoms with Crippen molar-refractivity contribution in [2.24, 2.45) is 20.5 Å². The maximum atomic E-state index is 13.1. The van der Waals surface area contributed by atoms with E-state index >= 15 is 0 Å². The van der Waals surface area contributed by atoms with Crippen molar-refractivity contribution >= 4 is 181 Å². The largest absolute Gasteiger partial charge is 0.505 e. The van der Waals surface area contributed by atoms with Crippen LogP contribution in [0.3, 0.4) is 0 Å². The molecule has 0 saturated heterocycles. The molecule has 0 aliphatic carbocycles. The third-order valence-electron chi connectivity index (χ3n) is 8.22. The second kappa shape index (κ2) is 20.6. The van der Waals surface area contributed by atoms with Crippen LogP contribution in [0.2, 0.25) is 0 Å². The number of methoxy groups -OCH3 is 2. The van der Waals surface area contributed by atoms with Crippen molar-refractivity contribution in [1.82, 2.24) is 0 Å². The minimum absolute atomic E-state index is 0. The molecule has 0 fully saturated rings. The minimum Gasteiger partial charge on any atom is -0.505 e. The Bertz CT molecular complexity index is 3080. The van der Waals surface area contributed by atoms with Gasteiger partial charge in [0, 0.05) is 111 Å². The van der Waals surface area contributed by atoms with E-state index in [-0.39, 0.29) is 139 Å². The van der Waals surface area contributed by atoms with Gasteiger partial charge in [0.05, 0.1) is 19.1 Å². The van der Waals surface area contributed by atoms with Crippen LogP contribution in [-0.4, -0.2) is 158 Å². The zero-order valence-electron chi connectivity index (χ0n) is 32.6. The van der Waals surface area contributed by atoms with Gasteiger partial charge < -0.3 is 30.3 Å². The predicted octanol–water partition coefficient (Wildman–Crippen LogP) is 6.49. The Kier molecular flexibility index (Phi) is 17.4. The van der Waals surface area contributed by atoms with E-state index in [0.717, 1.165) is 30.3 Å². The number of rotatable bonds is 11. The molecular formula is C35H28N6Na3O14S3.